The summed E-state index contributed by atoms with van der Waals surface area (Å²) >= 11 is 0. The molecule has 0 spiro atoms. The molecule has 0 heterocycles. The fourth-order valence-electron chi connectivity index (χ4n) is 0.682. The second-order valence-corrected chi connectivity index (χ2v) is 6.22. The average Bonchev–Trinajstić information content (AvgIpc) is 2.00. The average molecular weight is 222 g/mol. The van der Waals surface area contributed by atoms with Gasteiger partial charge in [-0.1, -0.05) is 20.8 Å². The summed E-state index contributed by atoms with van der Waals surface area (Å²) in [5, 5.41) is 0. The van der Waals surface area contributed by atoms with E-state index in [1.54, 1.807) is 20.8 Å². The summed E-state index contributed by atoms with van der Waals surface area (Å²) in [6.07, 6.45) is 0. The molecular weight excluding hydrogens is 204 g/mol. The van der Waals surface area contributed by atoms with Crippen LogP contribution >= 0.6 is 0 Å². The SMILES string of the molecule is CCS(=O)(=O)NC(=O)[C@H](N)C(C)(C)C. The number of nitrogens with two attached hydrogens (primary N) is 1. The van der Waals surface area contributed by atoms with E-state index in [4.69, 9.17) is 5.73 Å². The third-order valence-corrected chi connectivity index (χ3v) is 3.12. The third-order valence-electron chi connectivity index (χ3n) is 1.85. The Balaban J connectivity index is 4.53. The molecule has 0 saturated heterocycles. The summed E-state index contributed by atoms with van der Waals surface area (Å²) in [5.74, 6) is -0.783. The molecule has 1 atom stereocenters. The number of hydrogen-bond acceptors (Lipinski definition) is 4. The van der Waals surface area contributed by atoms with Gasteiger partial charge >= 0.3 is 0 Å². The van der Waals surface area contributed by atoms with E-state index in [2.05, 4.69) is 0 Å². The molecule has 0 fully saturated rings. The molecule has 1 amide bonds. The standard InChI is InChI=1S/C8H18N2O3S/c1-5-14(12,13)10-7(11)6(9)8(2,3)4/h6H,5,9H2,1-4H3,(H,10,11)/t6-/m0/s1. The zero-order chi connectivity index (χ0) is 11.6. The van der Waals surface area contributed by atoms with Crippen LogP contribution in [0.5, 0.6) is 0 Å². The van der Waals surface area contributed by atoms with Crippen LogP contribution in [0.4, 0.5) is 0 Å². The van der Waals surface area contributed by atoms with Gasteiger partial charge in [0, 0.05) is 0 Å². The highest BCUT2D eigenvalue weighted by atomic mass is 32.2. The first-order chi connectivity index (χ1) is 6.10. The highest BCUT2D eigenvalue weighted by Crippen LogP contribution is 2.17. The molecule has 0 aromatic heterocycles. The van der Waals surface area contributed by atoms with Crippen molar-refractivity contribution >= 4 is 15.9 Å². The smallest absolute Gasteiger partial charge is 0.250 e. The highest BCUT2D eigenvalue weighted by Gasteiger charge is 2.29. The number of sulfonamides is 1. The molecule has 0 radical (unpaired) electrons. The first-order valence-corrected chi connectivity index (χ1v) is 6.05. The Morgan fingerprint density at radius 3 is 2.14 bits per heavy atom. The summed E-state index contributed by atoms with van der Waals surface area (Å²) < 4.78 is 24.0. The Morgan fingerprint density at radius 1 is 1.43 bits per heavy atom. The van der Waals surface area contributed by atoms with Crippen molar-refractivity contribution in [2.75, 3.05) is 5.75 Å². The molecule has 0 aromatic carbocycles. The second-order valence-electron chi connectivity index (χ2n) is 4.21. The fraction of sp³-hybridized carbons (Fsp3) is 0.875. The van der Waals surface area contributed by atoms with Crippen molar-refractivity contribution in [3.63, 3.8) is 0 Å². The van der Waals surface area contributed by atoms with Crippen molar-refractivity contribution in [1.29, 1.82) is 0 Å². The van der Waals surface area contributed by atoms with Gasteiger partial charge in [0.2, 0.25) is 10.0 Å². The van der Waals surface area contributed by atoms with E-state index in [9.17, 15) is 13.2 Å². The Morgan fingerprint density at radius 2 is 1.86 bits per heavy atom. The zero-order valence-corrected chi connectivity index (χ0v) is 9.81. The van der Waals surface area contributed by atoms with Gasteiger partial charge in [0.05, 0.1) is 11.8 Å². The monoisotopic (exact) mass is 222 g/mol. The lowest BCUT2D eigenvalue weighted by Gasteiger charge is -2.25. The van der Waals surface area contributed by atoms with Crippen LogP contribution in [0.1, 0.15) is 27.7 Å². The van der Waals surface area contributed by atoms with E-state index < -0.39 is 27.4 Å². The van der Waals surface area contributed by atoms with Gasteiger partial charge in [-0.25, -0.2) is 8.42 Å². The first kappa shape index (κ1) is 13.4. The van der Waals surface area contributed by atoms with Crippen molar-refractivity contribution in [3.05, 3.63) is 0 Å². The zero-order valence-electron chi connectivity index (χ0n) is 8.99. The summed E-state index contributed by atoms with van der Waals surface area (Å²) in [4.78, 5) is 11.3. The van der Waals surface area contributed by atoms with E-state index in [0.717, 1.165) is 0 Å². The van der Waals surface area contributed by atoms with Crippen LogP contribution in [-0.2, 0) is 14.8 Å². The summed E-state index contributed by atoms with van der Waals surface area (Å²) in [5.41, 5.74) is 5.13. The molecule has 0 rings (SSSR count). The maximum absolute atomic E-state index is 11.3. The van der Waals surface area contributed by atoms with Gasteiger partial charge in [0.15, 0.2) is 0 Å². The largest absolute Gasteiger partial charge is 0.319 e. The van der Waals surface area contributed by atoms with E-state index in [1.165, 1.54) is 6.92 Å². The van der Waals surface area contributed by atoms with Gasteiger partial charge < -0.3 is 5.73 Å². The molecule has 84 valence electrons. The molecule has 0 aliphatic carbocycles. The van der Waals surface area contributed by atoms with E-state index in [1.807, 2.05) is 4.72 Å². The van der Waals surface area contributed by atoms with Crippen molar-refractivity contribution in [2.24, 2.45) is 11.1 Å². The minimum absolute atomic E-state index is 0.129. The fourth-order valence-corrected chi connectivity index (χ4v) is 1.26. The lowest BCUT2D eigenvalue weighted by molar-refractivity contribution is -0.122. The number of carbonyl (C=O) groups is 1. The van der Waals surface area contributed by atoms with Crippen LogP contribution in [-0.4, -0.2) is 26.1 Å². The lowest BCUT2D eigenvalue weighted by atomic mass is 9.87. The minimum Gasteiger partial charge on any atom is -0.319 e. The van der Waals surface area contributed by atoms with Crippen LogP contribution < -0.4 is 10.5 Å². The van der Waals surface area contributed by atoms with Crippen LogP contribution in [0.15, 0.2) is 0 Å². The van der Waals surface area contributed by atoms with E-state index >= 15 is 0 Å². The van der Waals surface area contributed by atoms with Gasteiger partial charge in [0.1, 0.15) is 0 Å². The van der Waals surface area contributed by atoms with Crippen molar-refractivity contribution in [1.82, 2.24) is 4.72 Å². The van der Waals surface area contributed by atoms with Crippen LogP contribution in [0.25, 0.3) is 0 Å². The van der Waals surface area contributed by atoms with Gasteiger partial charge in [-0.05, 0) is 12.3 Å². The van der Waals surface area contributed by atoms with Crippen LogP contribution in [0.2, 0.25) is 0 Å². The second kappa shape index (κ2) is 4.27. The Hall–Kier alpha value is -0.620. The number of hydrogen-bond donors (Lipinski definition) is 2. The topological polar surface area (TPSA) is 89.3 Å². The summed E-state index contributed by atoms with van der Waals surface area (Å²) in [6, 6.07) is -0.830. The minimum atomic E-state index is -3.50. The third kappa shape index (κ3) is 4.06. The quantitative estimate of drug-likeness (QED) is 0.693. The van der Waals surface area contributed by atoms with E-state index in [0.29, 0.717) is 0 Å². The number of carbonyl (C=O) groups excluding carboxylic acids is 1. The maximum Gasteiger partial charge on any atom is 0.250 e. The lowest BCUT2D eigenvalue weighted by Crippen LogP contribution is -2.50. The normalized spacial score (nSPS) is 14.9. The molecule has 0 bridgehead atoms. The van der Waals surface area contributed by atoms with Crippen LogP contribution in [0, 0.1) is 5.41 Å². The molecule has 14 heavy (non-hydrogen) atoms. The predicted molar refractivity (Wildman–Crippen MR) is 55.0 cm³/mol. The van der Waals surface area contributed by atoms with Crippen molar-refractivity contribution < 1.29 is 13.2 Å². The Bertz CT molecular complexity index is 303. The first-order valence-electron chi connectivity index (χ1n) is 4.40. The molecule has 0 aliphatic heterocycles. The van der Waals surface area contributed by atoms with Gasteiger partial charge in [-0.15, -0.1) is 0 Å². The predicted octanol–water partition coefficient (Wildman–Crippen LogP) is -0.174. The molecule has 0 unspecified atom stereocenters. The number of nitrogens with one attached hydrogen (secondary N) is 1. The Labute approximate surface area is 85.1 Å². The van der Waals surface area contributed by atoms with Gasteiger partial charge in [-0.3, -0.25) is 9.52 Å². The molecule has 3 N–H and O–H groups in total. The molecular formula is C8H18N2O3S. The van der Waals surface area contributed by atoms with Gasteiger partial charge in [-0.2, -0.15) is 0 Å². The molecule has 0 aromatic rings. The maximum atomic E-state index is 11.3. The Kier molecular flexibility index (Phi) is 4.08. The van der Waals surface area contributed by atoms with Crippen molar-refractivity contribution in [2.45, 2.75) is 33.7 Å². The van der Waals surface area contributed by atoms with Crippen LogP contribution in [0.3, 0.4) is 0 Å². The summed E-state index contributed by atoms with van der Waals surface area (Å²) in [6.45, 7) is 6.78. The van der Waals surface area contributed by atoms with Gasteiger partial charge in [0.25, 0.3) is 5.91 Å². The summed E-state index contributed by atoms with van der Waals surface area (Å²) in [7, 11) is -3.50. The van der Waals surface area contributed by atoms with E-state index in [-0.39, 0.29) is 5.75 Å². The molecule has 0 saturated carbocycles. The van der Waals surface area contributed by atoms with Crippen molar-refractivity contribution in [3.8, 4) is 0 Å². The highest BCUT2D eigenvalue weighted by molar-refractivity contribution is 7.90. The number of amides is 1. The number of rotatable bonds is 3. The molecule has 6 heteroatoms. The molecule has 0 aliphatic rings. The molecule has 5 nitrogen and oxygen atoms in total.